The Labute approximate surface area is 208 Å². The minimum absolute atomic E-state index is 0.0886. The monoisotopic (exact) mass is 478 g/mol. The third kappa shape index (κ3) is 4.61. The van der Waals surface area contributed by atoms with Gasteiger partial charge in [0.25, 0.3) is 11.8 Å². The zero-order valence-corrected chi connectivity index (χ0v) is 20.3. The first kappa shape index (κ1) is 23.0. The number of pyridine rings is 1. The van der Waals surface area contributed by atoms with Gasteiger partial charge in [-0.15, -0.1) is 0 Å². The second-order valence-corrected chi connectivity index (χ2v) is 8.83. The fraction of sp³-hybridized carbons (Fsp3) is 0.143. The van der Waals surface area contributed by atoms with Gasteiger partial charge in [0, 0.05) is 24.4 Å². The fourth-order valence-electron chi connectivity index (χ4n) is 4.19. The number of benzene rings is 2. The first-order chi connectivity index (χ1) is 17.4. The van der Waals surface area contributed by atoms with Crippen molar-refractivity contribution in [3.63, 3.8) is 0 Å². The Bertz CT molecular complexity index is 1560. The molecule has 0 saturated heterocycles. The van der Waals surface area contributed by atoms with Gasteiger partial charge >= 0.3 is 0 Å². The zero-order chi connectivity index (χ0) is 25.2. The van der Waals surface area contributed by atoms with Crippen molar-refractivity contribution in [3.05, 3.63) is 113 Å². The summed E-state index contributed by atoms with van der Waals surface area (Å²) in [5, 5.41) is 7.25. The van der Waals surface area contributed by atoms with Gasteiger partial charge in [-0.25, -0.2) is 9.67 Å². The Kier molecular flexibility index (Phi) is 6.08. The van der Waals surface area contributed by atoms with Crippen LogP contribution in [-0.4, -0.2) is 42.9 Å². The molecule has 0 unspecified atom stereocenters. The number of aromatic nitrogens is 4. The molecule has 1 N–H and O–H groups in total. The second kappa shape index (κ2) is 9.50. The molecule has 3 heterocycles. The highest BCUT2D eigenvalue weighted by Gasteiger charge is 2.15. The molecule has 3 aromatic heterocycles. The minimum atomic E-state index is -0.179. The lowest BCUT2D eigenvalue weighted by Crippen LogP contribution is -2.26. The summed E-state index contributed by atoms with van der Waals surface area (Å²) in [6.07, 6.45) is 7.07. The minimum Gasteiger partial charge on any atom is -0.336 e. The van der Waals surface area contributed by atoms with Crippen molar-refractivity contribution >= 4 is 23.1 Å². The number of amides is 2. The molecular weight excluding hydrogens is 452 g/mol. The molecule has 0 aliphatic carbocycles. The zero-order valence-electron chi connectivity index (χ0n) is 20.3. The molecule has 2 aromatic carbocycles. The van der Waals surface area contributed by atoms with E-state index in [1.807, 2.05) is 73.0 Å². The average Bonchev–Trinajstić information content (AvgIpc) is 3.51. The fourth-order valence-corrected chi connectivity index (χ4v) is 4.19. The number of hydrogen-bond acceptors (Lipinski definition) is 4. The van der Waals surface area contributed by atoms with E-state index in [-0.39, 0.29) is 11.8 Å². The molecule has 8 heteroatoms. The summed E-state index contributed by atoms with van der Waals surface area (Å²) in [6, 6.07) is 18.7. The number of nitrogens with zero attached hydrogens (tertiary/aromatic N) is 5. The Morgan fingerprint density at radius 1 is 1.00 bits per heavy atom. The van der Waals surface area contributed by atoms with E-state index in [0.717, 1.165) is 28.2 Å². The van der Waals surface area contributed by atoms with Crippen LogP contribution in [0.15, 0.2) is 85.5 Å². The molecule has 0 bridgehead atoms. The van der Waals surface area contributed by atoms with Crippen LogP contribution in [0, 0.1) is 13.8 Å². The molecule has 8 nitrogen and oxygen atoms in total. The Morgan fingerprint density at radius 3 is 2.58 bits per heavy atom. The predicted octanol–water partition coefficient (Wildman–Crippen LogP) is 4.66. The highest BCUT2D eigenvalue weighted by molar-refractivity contribution is 6.05. The predicted molar refractivity (Wildman–Crippen MR) is 138 cm³/mol. The largest absolute Gasteiger partial charge is 0.336 e. The number of nitrogens with one attached hydrogen (secondary N) is 1. The molecule has 0 aliphatic rings. The molecule has 180 valence electrons. The quantitative estimate of drug-likeness (QED) is 0.385. The summed E-state index contributed by atoms with van der Waals surface area (Å²) in [7, 11) is 1.77. The van der Waals surface area contributed by atoms with Gasteiger partial charge in [-0.1, -0.05) is 23.8 Å². The highest BCUT2D eigenvalue weighted by atomic mass is 16.2. The number of carbonyl (C=O) groups is 2. The average molecular weight is 479 g/mol. The number of carbonyl (C=O) groups excluding carboxylic acids is 2. The summed E-state index contributed by atoms with van der Waals surface area (Å²) < 4.78 is 3.63. The van der Waals surface area contributed by atoms with Crippen LogP contribution in [0.25, 0.3) is 11.3 Å². The summed E-state index contributed by atoms with van der Waals surface area (Å²) in [4.78, 5) is 31.7. The summed E-state index contributed by atoms with van der Waals surface area (Å²) in [5.41, 5.74) is 6.39. The van der Waals surface area contributed by atoms with E-state index in [1.165, 1.54) is 0 Å². The van der Waals surface area contributed by atoms with Crippen LogP contribution in [0.5, 0.6) is 0 Å². The lowest BCUT2D eigenvalue weighted by atomic mass is 10.1. The Balaban J connectivity index is 1.25. The molecule has 0 spiro atoms. The van der Waals surface area contributed by atoms with Crippen molar-refractivity contribution in [2.75, 3.05) is 12.4 Å². The van der Waals surface area contributed by atoms with Crippen LogP contribution in [0.4, 0.5) is 5.69 Å². The summed E-state index contributed by atoms with van der Waals surface area (Å²) in [5.74, 6) is -0.267. The van der Waals surface area contributed by atoms with Crippen LogP contribution in [-0.2, 0) is 6.54 Å². The smallest absolute Gasteiger partial charge is 0.256 e. The van der Waals surface area contributed by atoms with Crippen molar-refractivity contribution in [1.29, 1.82) is 0 Å². The highest BCUT2D eigenvalue weighted by Crippen LogP contribution is 2.17. The molecule has 5 aromatic rings. The lowest BCUT2D eigenvalue weighted by molar-refractivity contribution is 0.0783. The summed E-state index contributed by atoms with van der Waals surface area (Å²) >= 11 is 0. The van der Waals surface area contributed by atoms with Crippen molar-refractivity contribution in [1.82, 2.24) is 24.1 Å². The normalized spacial score (nSPS) is 11.0. The van der Waals surface area contributed by atoms with Crippen LogP contribution < -0.4 is 5.32 Å². The molecule has 2 amide bonds. The molecule has 0 saturated carbocycles. The molecule has 0 radical (unpaired) electrons. The third-order valence-corrected chi connectivity index (χ3v) is 6.09. The standard InChI is InChI=1S/C28H26N6O2/c1-19-7-12-25(20(2)14-19)27(35)31-22-15-30-34(17-22)23-10-8-21(9-11-23)28(36)32(3)18-24-16-29-26-6-4-5-13-33(24)26/h4-17H,18H2,1-3H3,(H,31,35). The Hall–Kier alpha value is -4.72. The van der Waals surface area contributed by atoms with Gasteiger partial charge in [0.2, 0.25) is 0 Å². The molecule has 5 rings (SSSR count). The molecule has 0 fully saturated rings. The Morgan fingerprint density at radius 2 is 1.81 bits per heavy atom. The van der Waals surface area contributed by atoms with E-state index >= 15 is 0 Å². The van der Waals surface area contributed by atoms with E-state index in [1.54, 1.807) is 47.4 Å². The lowest BCUT2D eigenvalue weighted by Gasteiger charge is -2.17. The maximum atomic E-state index is 13.0. The first-order valence-corrected chi connectivity index (χ1v) is 11.6. The van der Waals surface area contributed by atoms with Crippen LogP contribution in [0.2, 0.25) is 0 Å². The SMILES string of the molecule is Cc1ccc(C(=O)Nc2cnn(-c3ccc(C(=O)N(C)Cc4cnc5ccccn45)cc3)c2)c(C)c1. The number of rotatable bonds is 6. The van der Waals surface area contributed by atoms with Crippen molar-refractivity contribution in [2.24, 2.45) is 0 Å². The van der Waals surface area contributed by atoms with Crippen molar-refractivity contribution < 1.29 is 9.59 Å². The van der Waals surface area contributed by atoms with Crippen molar-refractivity contribution in [2.45, 2.75) is 20.4 Å². The number of fused-ring (bicyclic) bond motifs is 1. The van der Waals surface area contributed by atoms with Gasteiger partial charge in [0.1, 0.15) is 5.65 Å². The molecule has 0 atom stereocenters. The van der Waals surface area contributed by atoms with Crippen LogP contribution in [0.3, 0.4) is 0 Å². The molecular formula is C28H26N6O2. The van der Waals surface area contributed by atoms with Gasteiger partial charge in [0.15, 0.2) is 0 Å². The second-order valence-electron chi connectivity index (χ2n) is 8.83. The topological polar surface area (TPSA) is 84.5 Å². The van der Waals surface area contributed by atoms with Crippen LogP contribution >= 0.6 is 0 Å². The maximum Gasteiger partial charge on any atom is 0.256 e. The van der Waals surface area contributed by atoms with Gasteiger partial charge in [-0.2, -0.15) is 5.10 Å². The van der Waals surface area contributed by atoms with Crippen molar-refractivity contribution in [3.8, 4) is 5.69 Å². The van der Waals surface area contributed by atoms with E-state index in [0.29, 0.717) is 23.4 Å². The van der Waals surface area contributed by atoms with Gasteiger partial charge in [-0.3, -0.25) is 9.59 Å². The summed E-state index contributed by atoms with van der Waals surface area (Å²) in [6.45, 7) is 4.36. The van der Waals surface area contributed by atoms with Gasteiger partial charge in [0.05, 0.1) is 42.2 Å². The van der Waals surface area contributed by atoms with Crippen LogP contribution in [0.1, 0.15) is 37.5 Å². The third-order valence-electron chi connectivity index (χ3n) is 6.09. The van der Waals surface area contributed by atoms with Gasteiger partial charge < -0.3 is 14.6 Å². The number of imidazole rings is 1. The number of hydrogen-bond donors (Lipinski definition) is 1. The van der Waals surface area contributed by atoms with E-state index in [4.69, 9.17) is 0 Å². The number of aryl methyl sites for hydroxylation is 2. The maximum absolute atomic E-state index is 13.0. The number of anilines is 1. The molecule has 36 heavy (non-hydrogen) atoms. The van der Waals surface area contributed by atoms with E-state index in [9.17, 15) is 9.59 Å². The first-order valence-electron chi connectivity index (χ1n) is 11.6. The molecule has 0 aliphatic heterocycles. The van der Waals surface area contributed by atoms with E-state index in [2.05, 4.69) is 15.4 Å². The van der Waals surface area contributed by atoms with E-state index < -0.39 is 0 Å². The van der Waals surface area contributed by atoms with Gasteiger partial charge in [-0.05, 0) is 61.9 Å².